The molecule has 62 heavy (non-hydrogen) atoms. The summed E-state index contributed by atoms with van der Waals surface area (Å²) in [5.41, 5.74) is 15.7. The zero-order chi connectivity index (χ0) is 41.0. The van der Waals surface area contributed by atoms with Crippen LogP contribution in [0.2, 0.25) is 0 Å². The highest BCUT2D eigenvalue weighted by Crippen LogP contribution is 2.56. The zero-order valence-electron chi connectivity index (χ0n) is 33.7. The molecule has 2 aromatic heterocycles. The molecule has 0 spiro atoms. The van der Waals surface area contributed by atoms with Gasteiger partial charge in [-0.25, -0.2) is 15.0 Å². The van der Waals surface area contributed by atoms with Crippen LogP contribution < -0.4 is 0 Å². The summed E-state index contributed by atoms with van der Waals surface area (Å²) in [7, 11) is 0. The Balaban J connectivity index is 0.998. The summed E-state index contributed by atoms with van der Waals surface area (Å²) < 4.78 is 2.36. The van der Waals surface area contributed by atoms with Gasteiger partial charge in [0.25, 0.3) is 0 Å². The standard InChI is InChI=1S/C58H38N4/c1-4-18-39(19-5-1)55-59-56(40-20-6-2-7-21-40)61-57(60-55)43-23-17-27-46(37-43)62-53-33-15-12-30-49(53)50-38-42(34-35-54(50)62)41-22-16-26-45(36-41)58(44-24-8-3-9-25-44)51-31-13-10-28-47(51)48-29-11-14-32-52(48)58/h1-38H. The summed E-state index contributed by atoms with van der Waals surface area (Å²) in [6.07, 6.45) is 0. The highest BCUT2D eigenvalue weighted by atomic mass is 15.0. The fourth-order valence-corrected chi connectivity index (χ4v) is 9.80. The molecular weight excluding hydrogens is 753 g/mol. The number of benzene rings is 9. The fraction of sp³-hybridized carbons (Fsp3) is 0.0172. The van der Waals surface area contributed by atoms with Gasteiger partial charge in [0.05, 0.1) is 16.4 Å². The van der Waals surface area contributed by atoms with Gasteiger partial charge in [0.1, 0.15) is 0 Å². The predicted molar refractivity (Wildman–Crippen MR) is 253 cm³/mol. The Bertz CT molecular complexity index is 3360. The van der Waals surface area contributed by atoms with E-state index in [9.17, 15) is 0 Å². The fourth-order valence-electron chi connectivity index (χ4n) is 9.80. The third kappa shape index (κ3) is 5.65. The molecule has 1 aliphatic carbocycles. The molecule has 9 aromatic carbocycles. The van der Waals surface area contributed by atoms with Crippen molar-refractivity contribution in [1.82, 2.24) is 19.5 Å². The van der Waals surface area contributed by atoms with Gasteiger partial charge in [-0.05, 0) is 80.9 Å². The first kappa shape index (κ1) is 35.7. The van der Waals surface area contributed by atoms with Crippen molar-refractivity contribution in [3.05, 3.63) is 253 Å². The van der Waals surface area contributed by atoms with Gasteiger partial charge in [-0.1, -0.05) is 194 Å². The monoisotopic (exact) mass is 790 g/mol. The molecule has 0 unspecified atom stereocenters. The summed E-state index contributed by atoms with van der Waals surface area (Å²) in [5, 5.41) is 2.39. The van der Waals surface area contributed by atoms with Gasteiger partial charge >= 0.3 is 0 Å². The second kappa shape index (κ2) is 14.5. The van der Waals surface area contributed by atoms with Crippen LogP contribution >= 0.6 is 0 Å². The summed E-state index contributed by atoms with van der Waals surface area (Å²) in [6, 6.07) is 82.5. The Morgan fingerprint density at radius 1 is 0.306 bits per heavy atom. The first-order chi connectivity index (χ1) is 30.7. The molecule has 0 bridgehead atoms. The molecule has 11 aromatic rings. The van der Waals surface area contributed by atoms with Crippen LogP contribution in [0.5, 0.6) is 0 Å². The lowest BCUT2D eigenvalue weighted by Crippen LogP contribution is -2.28. The second-order valence-electron chi connectivity index (χ2n) is 16.0. The lowest BCUT2D eigenvalue weighted by atomic mass is 9.67. The Labute approximate surface area is 360 Å². The van der Waals surface area contributed by atoms with Crippen LogP contribution in [0.25, 0.3) is 83.9 Å². The van der Waals surface area contributed by atoms with Crippen LogP contribution in [0.3, 0.4) is 0 Å². The molecule has 290 valence electrons. The Morgan fingerprint density at radius 3 is 1.47 bits per heavy atom. The van der Waals surface area contributed by atoms with Gasteiger partial charge in [0.2, 0.25) is 0 Å². The molecular formula is C58H38N4. The molecule has 2 heterocycles. The average molecular weight is 791 g/mol. The molecule has 4 heteroatoms. The van der Waals surface area contributed by atoms with E-state index in [0.717, 1.165) is 33.4 Å². The van der Waals surface area contributed by atoms with Gasteiger partial charge in [-0.15, -0.1) is 0 Å². The van der Waals surface area contributed by atoms with Gasteiger partial charge in [-0.3, -0.25) is 0 Å². The number of nitrogens with zero attached hydrogens (tertiary/aromatic N) is 4. The summed E-state index contributed by atoms with van der Waals surface area (Å²) in [4.78, 5) is 15.0. The van der Waals surface area contributed by atoms with E-state index in [2.05, 4.69) is 174 Å². The molecule has 0 atom stereocenters. The SMILES string of the molecule is c1ccc(-c2nc(-c3ccccc3)nc(-c3cccc(-n4c5ccccc5c5cc(-c6cccc(C7(c8ccccc8)c8ccccc8-c8ccccc87)c6)ccc54)c3)n2)cc1. The molecule has 0 aliphatic heterocycles. The van der Waals surface area contributed by atoms with Crippen molar-refractivity contribution in [3.8, 4) is 62.1 Å². The third-order valence-electron chi connectivity index (χ3n) is 12.5. The molecule has 0 amide bonds. The second-order valence-corrected chi connectivity index (χ2v) is 16.0. The Hall–Kier alpha value is -8.21. The lowest BCUT2D eigenvalue weighted by molar-refractivity contribution is 0.769. The van der Waals surface area contributed by atoms with Gasteiger partial charge < -0.3 is 4.57 Å². The van der Waals surface area contributed by atoms with Crippen LogP contribution in [-0.4, -0.2) is 19.5 Å². The largest absolute Gasteiger partial charge is 0.309 e. The summed E-state index contributed by atoms with van der Waals surface area (Å²) in [6.45, 7) is 0. The molecule has 0 radical (unpaired) electrons. The van der Waals surface area contributed by atoms with Crippen LogP contribution in [0.1, 0.15) is 22.3 Å². The number of aromatic nitrogens is 4. The van der Waals surface area contributed by atoms with Crippen LogP contribution in [0.15, 0.2) is 231 Å². The predicted octanol–water partition coefficient (Wildman–Crippen LogP) is 14.0. The molecule has 12 rings (SSSR count). The summed E-state index contributed by atoms with van der Waals surface area (Å²) >= 11 is 0. The van der Waals surface area contributed by atoms with Crippen molar-refractivity contribution in [2.24, 2.45) is 0 Å². The minimum Gasteiger partial charge on any atom is -0.309 e. The maximum atomic E-state index is 5.04. The molecule has 4 nitrogen and oxygen atoms in total. The maximum absolute atomic E-state index is 5.04. The van der Waals surface area contributed by atoms with E-state index < -0.39 is 5.41 Å². The van der Waals surface area contributed by atoms with Crippen molar-refractivity contribution >= 4 is 21.8 Å². The number of para-hydroxylation sites is 1. The minimum absolute atomic E-state index is 0.460. The zero-order valence-corrected chi connectivity index (χ0v) is 33.7. The van der Waals surface area contributed by atoms with Gasteiger partial charge in [0.15, 0.2) is 17.5 Å². The molecule has 1 aliphatic rings. The normalized spacial score (nSPS) is 12.6. The molecule has 0 saturated heterocycles. The number of fused-ring (bicyclic) bond motifs is 6. The van der Waals surface area contributed by atoms with Crippen LogP contribution in [0, 0.1) is 0 Å². The van der Waals surface area contributed by atoms with E-state index in [1.54, 1.807) is 0 Å². The quantitative estimate of drug-likeness (QED) is 0.161. The van der Waals surface area contributed by atoms with E-state index in [4.69, 9.17) is 15.0 Å². The van der Waals surface area contributed by atoms with E-state index >= 15 is 0 Å². The van der Waals surface area contributed by atoms with Crippen molar-refractivity contribution in [2.75, 3.05) is 0 Å². The first-order valence-corrected chi connectivity index (χ1v) is 21.1. The van der Waals surface area contributed by atoms with Crippen molar-refractivity contribution in [3.63, 3.8) is 0 Å². The lowest BCUT2D eigenvalue weighted by Gasteiger charge is -2.34. The number of hydrogen-bond acceptors (Lipinski definition) is 3. The van der Waals surface area contributed by atoms with Crippen LogP contribution in [-0.2, 0) is 5.41 Å². The smallest absolute Gasteiger partial charge is 0.164 e. The number of rotatable bonds is 7. The number of hydrogen-bond donors (Lipinski definition) is 0. The highest BCUT2D eigenvalue weighted by Gasteiger charge is 2.45. The first-order valence-electron chi connectivity index (χ1n) is 21.1. The average Bonchev–Trinajstić information content (AvgIpc) is 3.85. The Kier molecular flexibility index (Phi) is 8.36. The van der Waals surface area contributed by atoms with E-state index in [-0.39, 0.29) is 0 Å². The molecule has 0 N–H and O–H groups in total. The molecule has 0 saturated carbocycles. The topological polar surface area (TPSA) is 43.6 Å². The highest BCUT2D eigenvalue weighted by molar-refractivity contribution is 6.10. The van der Waals surface area contributed by atoms with Gasteiger partial charge in [0, 0.05) is 33.2 Å². The van der Waals surface area contributed by atoms with Crippen molar-refractivity contribution < 1.29 is 0 Å². The van der Waals surface area contributed by atoms with Crippen LogP contribution in [0.4, 0.5) is 0 Å². The van der Waals surface area contributed by atoms with E-state index in [0.29, 0.717) is 17.5 Å². The van der Waals surface area contributed by atoms with Crippen molar-refractivity contribution in [1.29, 1.82) is 0 Å². The Morgan fingerprint density at radius 2 is 0.790 bits per heavy atom. The minimum atomic E-state index is -0.460. The maximum Gasteiger partial charge on any atom is 0.164 e. The van der Waals surface area contributed by atoms with E-state index in [1.807, 2.05) is 60.7 Å². The van der Waals surface area contributed by atoms with E-state index in [1.165, 1.54) is 55.3 Å². The third-order valence-corrected chi connectivity index (χ3v) is 12.5. The summed E-state index contributed by atoms with van der Waals surface area (Å²) in [5.74, 6) is 1.91. The van der Waals surface area contributed by atoms with Gasteiger partial charge in [-0.2, -0.15) is 0 Å². The van der Waals surface area contributed by atoms with Crippen molar-refractivity contribution in [2.45, 2.75) is 5.41 Å². The molecule has 0 fully saturated rings.